The topological polar surface area (TPSA) is 36.4 Å². The highest BCUT2D eigenvalue weighted by atomic mass is 32.1. The van der Waals surface area contributed by atoms with Crippen LogP contribution < -0.4 is 4.90 Å². The van der Waals surface area contributed by atoms with Crippen LogP contribution in [0.1, 0.15) is 21.5 Å². The van der Waals surface area contributed by atoms with E-state index in [1.54, 1.807) is 0 Å². The van der Waals surface area contributed by atoms with Crippen molar-refractivity contribution in [1.82, 2.24) is 9.88 Å². The van der Waals surface area contributed by atoms with E-state index in [4.69, 9.17) is 0 Å². The van der Waals surface area contributed by atoms with Gasteiger partial charge in [-0.1, -0.05) is 17.4 Å². The number of amides is 1. The first-order chi connectivity index (χ1) is 12.8. The highest BCUT2D eigenvalue weighted by molar-refractivity contribution is 7.22. The van der Waals surface area contributed by atoms with Gasteiger partial charge in [0.05, 0.1) is 15.8 Å². The number of hydrogen-bond donors (Lipinski definition) is 0. The fraction of sp³-hybridized carbons (Fsp3) is 0.300. The van der Waals surface area contributed by atoms with Crippen LogP contribution >= 0.6 is 11.3 Å². The molecule has 0 spiro atoms. The number of anilines is 1. The molecular formula is C20H21F2N3OS. The summed E-state index contributed by atoms with van der Waals surface area (Å²) in [5, 5.41) is 0.509. The second-order valence-electron chi connectivity index (χ2n) is 6.81. The predicted molar refractivity (Wildman–Crippen MR) is 106 cm³/mol. The van der Waals surface area contributed by atoms with Gasteiger partial charge in [-0.3, -0.25) is 9.69 Å². The van der Waals surface area contributed by atoms with Crippen LogP contribution in [0.4, 0.5) is 13.9 Å². The number of carbonyl (C=O) groups is 1. The van der Waals surface area contributed by atoms with Gasteiger partial charge in [0.25, 0.3) is 5.91 Å². The molecule has 3 aromatic rings. The van der Waals surface area contributed by atoms with Crippen molar-refractivity contribution in [1.29, 1.82) is 0 Å². The van der Waals surface area contributed by atoms with Crippen LogP contribution in [0.2, 0.25) is 0 Å². The van der Waals surface area contributed by atoms with Crippen molar-refractivity contribution in [2.75, 3.05) is 32.1 Å². The normalized spacial score (nSPS) is 11.4. The summed E-state index contributed by atoms with van der Waals surface area (Å²) in [7, 11) is 3.79. The summed E-state index contributed by atoms with van der Waals surface area (Å²) in [6.45, 7) is 4.93. The molecule has 4 nitrogen and oxygen atoms in total. The van der Waals surface area contributed by atoms with E-state index in [1.807, 2.05) is 38.9 Å². The molecule has 0 aliphatic carbocycles. The van der Waals surface area contributed by atoms with Crippen molar-refractivity contribution in [3.63, 3.8) is 0 Å². The molecule has 0 aliphatic rings. The van der Waals surface area contributed by atoms with Gasteiger partial charge in [0.2, 0.25) is 0 Å². The van der Waals surface area contributed by atoms with Gasteiger partial charge in [-0.2, -0.15) is 0 Å². The summed E-state index contributed by atoms with van der Waals surface area (Å²) >= 11 is 1.40. The largest absolute Gasteiger partial charge is 0.308 e. The van der Waals surface area contributed by atoms with Crippen molar-refractivity contribution in [3.05, 3.63) is 58.7 Å². The molecule has 0 radical (unpaired) electrons. The highest BCUT2D eigenvalue weighted by Gasteiger charge is 2.24. The second kappa shape index (κ2) is 7.70. The van der Waals surface area contributed by atoms with Crippen molar-refractivity contribution in [2.24, 2.45) is 0 Å². The third-order valence-electron chi connectivity index (χ3n) is 4.22. The van der Waals surface area contributed by atoms with Gasteiger partial charge in [0.15, 0.2) is 5.13 Å². The van der Waals surface area contributed by atoms with E-state index >= 15 is 0 Å². The van der Waals surface area contributed by atoms with Gasteiger partial charge in [0, 0.05) is 19.2 Å². The molecule has 0 aliphatic heterocycles. The molecular weight excluding hydrogens is 368 g/mol. The molecule has 1 aromatic heterocycles. The summed E-state index contributed by atoms with van der Waals surface area (Å²) in [5.41, 5.74) is 2.83. The van der Waals surface area contributed by atoms with E-state index in [1.165, 1.54) is 22.3 Å². The number of rotatable bonds is 5. The minimum absolute atomic E-state index is 0.165. The zero-order chi connectivity index (χ0) is 19.7. The molecule has 0 atom stereocenters. The van der Waals surface area contributed by atoms with Crippen LogP contribution in [-0.4, -0.2) is 43.0 Å². The maximum atomic E-state index is 14.2. The van der Waals surface area contributed by atoms with Crippen molar-refractivity contribution in [3.8, 4) is 0 Å². The highest BCUT2D eigenvalue weighted by Crippen LogP contribution is 2.33. The molecule has 7 heteroatoms. The molecule has 2 aromatic carbocycles. The Morgan fingerprint density at radius 2 is 1.85 bits per heavy atom. The molecule has 0 bridgehead atoms. The van der Waals surface area contributed by atoms with Crippen LogP contribution in [0.15, 0.2) is 30.3 Å². The predicted octanol–water partition coefficient (Wildman–Crippen LogP) is 4.40. The van der Waals surface area contributed by atoms with Crippen molar-refractivity contribution < 1.29 is 13.6 Å². The number of likely N-dealkylation sites (N-methyl/N-ethyl adjacent to an activating group) is 1. The number of halogens is 2. The Morgan fingerprint density at radius 3 is 2.52 bits per heavy atom. The van der Waals surface area contributed by atoms with E-state index in [9.17, 15) is 13.6 Å². The number of benzene rings is 2. The fourth-order valence-corrected chi connectivity index (χ4v) is 3.91. The Bertz CT molecular complexity index is 1000. The summed E-state index contributed by atoms with van der Waals surface area (Å²) in [5.74, 6) is -2.11. The zero-order valence-corrected chi connectivity index (χ0v) is 16.5. The van der Waals surface area contributed by atoms with E-state index < -0.39 is 17.5 Å². The zero-order valence-electron chi connectivity index (χ0n) is 15.7. The lowest BCUT2D eigenvalue weighted by Gasteiger charge is -2.22. The van der Waals surface area contributed by atoms with E-state index in [2.05, 4.69) is 11.1 Å². The lowest BCUT2D eigenvalue weighted by molar-refractivity contribution is 0.0981. The second-order valence-corrected chi connectivity index (χ2v) is 7.79. The minimum atomic E-state index is -0.872. The van der Waals surface area contributed by atoms with Gasteiger partial charge < -0.3 is 4.90 Å². The van der Waals surface area contributed by atoms with Gasteiger partial charge in [-0.05, 0) is 57.3 Å². The molecule has 0 unspecified atom stereocenters. The standard InChI is InChI=1S/C20H21F2N3OS/c1-12-9-13(2)18-17(10-12)23-20(27-18)25(8-7-24(3)4)19(26)15-6-5-14(21)11-16(15)22/h5-6,9-11H,7-8H2,1-4H3. The van der Waals surface area contributed by atoms with Crippen LogP contribution in [0, 0.1) is 25.5 Å². The van der Waals surface area contributed by atoms with E-state index in [0.717, 1.165) is 33.5 Å². The number of hydrogen-bond acceptors (Lipinski definition) is 4. The average Bonchev–Trinajstić information content (AvgIpc) is 2.98. The number of aromatic nitrogens is 1. The molecule has 142 valence electrons. The van der Waals surface area contributed by atoms with Crippen LogP contribution in [-0.2, 0) is 0 Å². The summed E-state index contributed by atoms with van der Waals surface area (Å²) in [6.07, 6.45) is 0. The third-order valence-corrected chi connectivity index (χ3v) is 5.45. The van der Waals surface area contributed by atoms with Gasteiger partial charge in [0.1, 0.15) is 11.6 Å². The number of nitrogens with zero attached hydrogens (tertiary/aromatic N) is 3. The molecule has 1 amide bonds. The van der Waals surface area contributed by atoms with E-state index in [0.29, 0.717) is 18.2 Å². The Morgan fingerprint density at radius 1 is 1.11 bits per heavy atom. The first-order valence-corrected chi connectivity index (χ1v) is 9.37. The summed E-state index contributed by atoms with van der Waals surface area (Å²) in [4.78, 5) is 21.0. The number of carbonyl (C=O) groups excluding carboxylic acids is 1. The maximum Gasteiger partial charge on any atom is 0.263 e. The maximum absolute atomic E-state index is 14.2. The molecule has 1 heterocycles. The number of aryl methyl sites for hydroxylation is 2. The molecule has 0 fully saturated rings. The van der Waals surface area contributed by atoms with Gasteiger partial charge in [-0.15, -0.1) is 0 Å². The Balaban J connectivity index is 2.05. The monoisotopic (exact) mass is 389 g/mol. The van der Waals surface area contributed by atoms with Crippen LogP contribution in [0.3, 0.4) is 0 Å². The molecule has 27 heavy (non-hydrogen) atoms. The lowest BCUT2D eigenvalue weighted by Crippen LogP contribution is -2.37. The van der Waals surface area contributed by atoms with E-state index in [-0.39, 0.29) is 5.56 Å². The molecule has 0 saturated carbocycles. The van der Waals surface area contributed by atoms with Crippen molar-refractivity contribution >= 4 is 32.6 Å². The van der Waals surface area contributed by atoms with Crippen LogP contribution in [0.5, 0.6) is 0 Å². The quantitative estimate of drug-likeness (QED) is 0.649. The lowest BCUT2D eigenvalue weighted by atomic mass is 10.1. The number of fused-ring (bicyclic) bond motifs is 1. The first-order valence-electron chi connectivity index (χ1n) is 8.55. The Hall–Kier alpha value is -2.38. The van der Waals surface area contributed by atoms with Crippen molar-refractivity contribution in [2.45, 2.75) is 13.8 Å². The van der Waals surface area contributed by atoms with Gasteiger partial charge in [-0.25, -0.2) is 13.8 Å². The minimum Gasteiger partial charge on any atom is -0.308 e. The Labute approximate surface area is 161 Å². The molecule has 0 N–H and O–H groups in total. The average molecular weight is 389 g/mol. The smallest absolute Gasteiger partial charge is 0.263 e. The first kappa shape index (κ1) is 19.4. The third kappa shape index (κ3) is 4.14. The summed E-state index contributed by atoms with van der Waals surface area (Å²) in [6, 6.07) is 7.03. The number of thiazole rings is 1. The molecule has 0 saturated heterocycles. The fourth-order valence-electron chi connectivity index (χ4n) is 2.87. The SMILES string of the molecule is Cc1cc(C)c2sc(N(CCN(C)C)C(=O)c3ccc(F)cc3F)nc2c1. The van der Waals surface area contributed by atoms with Crippen LogP contribution in [0.25, 0.3) is 10.2 Å². The van der Waals surface area contributed by atoms with Gasteiger partial charge >= 0.3 is 0 Å². The molecule has 3 rings (SSSR count). The Kier molecular flexibility index (Phi) is 5.53. The summed E-state index contributed by atoms with van der Waals surface area (Å²) < 4.78 is 28.4.